The van der Waals surface area contributed by atoms with Crippen LogP contribution in [0.2, 0.25) is 0 Å². The van der Waals surface area contributed by atoms with Gasteiger partial charge in [-0.25, -0.2) is 5.06 Å². The van der Waals surface area contributed by atoms with Gasteiger partial charge in [-0.2, -0.15) is 0 Å². The van der Waals surface area contributed by atoms with Crippen molar-refractivity contribution in [1.82, 2.24) is 5.06 Å². The summed E-state index contributed by atoms with van der Waals surface area (Å²) in [6.07, 6.45) is 0.302. The molecule has 0 atom stereocenters. The zero-order valence-electron chi connectivity index (χ0n) is 11.5. The molecule has 0 bridgehead atoms. The molecule has 1 amide bonds. The Morgan fingerprint density at radius 3 is 2.32 bits per heavy atom. The number of ether oxygens (including phenoxy) is 1. The third kappa shape index (κ3) is 4.71. The number of carbonyl (C=O) groups is 2. The number of amides is 1. The van der Waals surface area contributed by atoms with E-state index in [1.807, 2.05) is 6.92 Å². The van der Waals surface area contributed by atoms with Crippen LogP contribution in [0, 0.1) is 0 Å². The highest BCUT2D eigenvalue weighted by Gasteiger charge is 2.12. The molecule has 0 aromatic heterocycles. The molecule has 0 spiro atoms. The first-order valence-corrected chi connectivity index (χ1v) is 6.15. The molecule has 0 fully saturated rings. The maximum atomic E-state index is 11.9. The average Bonchev–Trinajstić information content (AvgIpc) is 2.44. The lowest BCUT2D eigenvalue weighted by molar-refractivity contribution is -0.168. The van der Waals surface area contributed by atoms with Gasteiger partial charge in [0.25, 0.3) is 0 Å². The zero-order valence-corrected chi connectivity index (χ0v) is 11.5. The standard InChI is InChI=1S/C14H19NO4/c1-4-19-12-7-5-11(6-8-12)13(16)9-10-14(17)15(2)18-3/h5-8H,4,9-10H2,1-3H3. The minimum absolute atomic E-state index is 0.0686. The topological polar surface area (TPSA) is 55.8 Å². The molecule has 0 heterocycles. The van der Waals surface area contributed by atoms with Crippen molar-refractivity contribution in [3.05, 3.63) is 29.8 Å². The van der Waals surface area contributed by atoms with E-state index in [1.165, 1.54) is 14.2 Å². The van der Waals surface area contributed by atoms with E-state index in [0.717, 1.165) is 10.8 Å². The largest absolute Gasteiger partial charge is 0.494 e. The van der Waals surface area contributed by atoms with E-state index in [9.17, 15) is 9.59 Å². The fourth-order valence-electron chi connectivity index (χ4n) is 1.53. The van der Waals surface area contributed by atoms with Crippen molar-refractivity contribution >= 4 is 11.7 Å². The average molecular weight is 265 g/mol. The van der Waals surface area contributed by atoms with Crippen LogP contribution in [0.25, 0.3) is 0 Å². The summed E-state index contributed by atoms with van der Waals surface area (Å²) in [7, 11) is 2.93. The Morgan fingerprint density at radius 2 is 1.79 bits per heavy atom. The Kier molecular flexibility index (Phi) is 6.02. The molecular formula is C14H19NO4. The molecular weight excluding hydrogens is 246 g/mol. The van der Waals surface area contributed by atoms with E-state index >= 15 is 0 Å². The van der Waals surface area contributed by atoms with Crippen LogP contribution < -0.4 is 4.74 Å². The lowest BCUT2D eigenvalue weighted by Crippen LogP contribution is -2.25. The second-order valence-electron chi connectivity index (χ2n) is 3.95. The monoisotopic (exact) mass is 265 g/mol. The predicted octanol–water partition coefficient (Wildman–Crippen LogP) is 2.07. The van der Waals surface area contributed by atoms with E-state index in [-0.39, 0.29) is 24.5 Å². The first kappa shape index (κ1) is 15.2. The van der Waals surface area contributed by atoms with Crippen LogP contribution in [0.1, 0.15) is 30.1 Å². The third-order valence-corrected chi connectivity index (χ3v) is 2.68. The number of benzene rings is 1. The first-order chi connectivity index (χ1) is 9.08. The normalized spacial score (nSPS) is 10.1. The van der Waals surface area contributed by atoms with Crippen molar-refractivity contribution in [3.63, 3.8) is 0 Å². The molecule has 1 aromatic carbocycles. The van der Waals surface area contributed by atoms with E-state index in [0.29, 0.717) is 12.2 Å². The molecule has 5 heteroatoms. The van der Waals surface area contributed by atoms with Gasteiger partial charge in [-0.05, 0) is 31.2 Å². The highest BCUT2D eigenvalue weighted by atomic mass is 16.7. The van der Waals surface area contributed by atoms with Crippen LogP contribution in [0.15, 0.2) is 24.3 Å². The van der Waals surface area contributed by atoms with Crippen molar-refractivity contribution in [3.8, 4) is 5.75 Å². The second-order valence-corrected chi connectivity index (χ2v) is 3.95. The Hall–Kier alpha value is -1.88. The minimum Gasteiger partial charge on any atom is -0.494 e. The summed E-state index contributed by atoms with van der Waals surface area (Å²) in [5, 5.41) is 1.12. The molecule has 0 unspecified atom stereocenters. The third-order valence-electron chi connectivity index (χ3n) is 2.68. The molecule has 0 aliphatic rings. The number of rotatable bonds is 7. The molecule has 5 nitrogen and oxygen atoms in total. The van der Waals surface area contributed by atoms with Crippen molar-refractivity contribution in [2.75, 3.05) is 20.8 Å². The molecule has 0 aliphatic carbocycles. The molecule has 19 heavy (non-hydrogen) atoms. The summed E-state index contributed by atoms with van der Waals surface area (Å²) < 4.78 is 5.30. The summed E-state index contributed by atoms with van der Waals surface area (Å²) >= 11 is 0. The molecule has 0 aliphatic heterocycles. The number of ketones is 1. The summed E-state index contributed by atoms with van der Waals surface area (Å²) in [5.41, 5.74) is 0.580. The van der Waals surface area contributed by atoms with Crippen LogP contribution in [-0.2, 0) is 9.63 Å². The smallest absolute Gasteiger partial charge is 0.246 e. The van der Waals surface area contributed by atoms with Gasteiger partial charge in [0, 0.05) is 25.5 Å². The number of hydrogen-bond donors (Lipinski definition) is 0. The number of Topliss-reactive ketones (excluding diaryl/α,β-unsaturated/α-hetero) is 1. The van der Waals surface area contributed by atoms with Crippen LogP contribution >= 0.6 is 0 Å². The molecule has 104 valence electrons. The van der Waals surface area contributed by atoms with Crippen molar-refractivity contribution in [2.24, 2.45) is 0 Å². The quantitative estimate of drug-likeness (QED) is 0.559. The SMILES string of the molecule is CCOc1ccc(C(=O)CCC(=O)N(C)OC)cc1. The number of hydrogen-bond acceptors (Lipinski definition) is 4. The fourth-order valence-corrected chi connectivity index (χ4v) is 1.53. The van der Waals surface area contributed by atoms with Gasteiger partial charge in [-0.3, -0.25) is 14.4 Å². The summed E-state index contributed by atoms with van der Waals surface area (Å²) in [4.78, 5) is 28.1. The lowest BCUT2D eigenvalue weighted by atomic mass is 10.1. The molecule has 1 aromatic rings. The van der Waals surface area contributed by atoms with Gasteiger partial charge >= 0.3 is 0 Å². The predicted molar refractivity (Wildman–Crippen MR) is 71.0 cm³/mol. The maximum Gasteiger partial charge on any atom is 0.246 e. The molecule has 0 saturated heterocycles. The van der Waals surface area contributed by atoms with Crippen LogP contribution in [0.3, 0.4) is 0 Å². The van der Waals surface area contributed by atoms with E-state index < -0.39 is 0 Å². The van der Waals surface area contributed by atoms with Crippen LogP contribution in [0.4, 0.5) is 0 Å². The van der Waals surface area contributed by atoms with Gasteiger partial charge in [0.2, 0.25) is 5.91 Å². The zero-order chi connectivity index (χ0) is 14.3. The summed E-state index contributed by atoms with van der Waals surface area (Å²) in [6, 6.07) is 6.91. The Labute approximate surface area is 113 Å². The Balaban J connectivity index is 2.51. The van der Waals surface area contributed by atoms with E-state index in [1.54, 1.807) is 24.3 Å². The van der Waals surface area contributed by atoms with Gasteiger partial charge < -0.3 is 4.74 Å². The van der Waals surface area contributed by atoms with Gasteiger partial charge in [0.1, 0.15) is 5.75 Å². The number of nitrogens with zero attached hydrogens (tertiary/aromatic N) is 1. The van der Waals surface area contributed by atoms with Crippen LogP contribution in [0.5, 0.6) is 5.75 Å². The molecule has 1 rings (SSSR count). The van der Waals surface area contributed by atoms with Gasteiger partial charge in [-0.1, -0.05) is 0 Å². The number of carbonyl (C=O) groups excluding carboxylic acids is 2. The van der Waals surface area contributed by atoms with Gasteiger partial charge in [0.15, 0.2) is 5.78 Å². The Bertz CT molecular complexity index is 428. The van der Waals surface area contributed by atoms with Crippen LogP contribution in [-0.4, -0.2) is 37.5 Å². The summed E-state index contributed by atoms with van der Waals surface area (Å²) in [5.74, 6) is 0.442. The first-order valence-electron chi connectivity index (χ1n) is 6.15. The van der Waals surface area contributed by atoms with Crippen molar-refractivity contribution < 1.29 is 19.2 Å². The fraction of sp³-hybridized carbons (Fsp3) is 0.429. The highest BCUT2D eigenvalue weighted by molar-refractivity contribution is 5.97. The molecule has 0 saturated carbocycles. The molecule has 0 N–H and O–H groups in total. The highest BCUT2D eigenvalue weighted by Crippen LogP contribution is 2.14. The maximum absolute atomic E-state index is 11.9. The minimum atomic E-state index is -0.221. The van der Waals surface area contributed by atoms with E-state index in [2.05, 4.69) is 0 Å². The molecule has 0 radical (unpaired) electrons. The Morgan fingerprint density at radius 1 is 1.16 bits per heavy atom. The summed E-state index contributed by atoms with van der Waals surface area (Å²) in [6.45, 7) is 2.49. The van der Waals surface area contributed by atoms with Gasteiger partial charge in [0.05, 0.1) is 13.7 Å². The van der Waals surface area contributed by atoms with Crippen molar-refractivity contribution in [2.45, 2.75) is 19.8 Å². The van der Waals surface area contributed by atoms with Crippen molar-refractivity contribution in [1.29, 1.82) is 0 Å². The van der Waals surface area contributed by atoms with Gasteiger partial charge in [-0.15, -0.1) is 0 Å². The van der Waals surface area contributed by atoms with E-state index in [4.69, 9.17) is 9.57 Å². The number of hydroxylamine groups is 2. The lowest BCUT2D eigenvalue weighted by Gasteiger charge is -2.12. The second kappa shape index (κ2) is 7.53.